The Bertz CT molecular complexity index is 239. The first-order chi connectivity index (χ1) is 4.81. The molecule has 0 radical (unpaired) electrons. The highest BCUT2D eigenvalue weighted by molar-refractivity contribution is 6.06. The molecule has 1 N–H and O–H groups in total. The fraction of sp³-hybridized carbons (Fsp3) is 0.429. The highest BCUT2D eigenvalue weighted by Gasteiger charge is 2.32. The van der Waals surface area contributed by atoms with E-state index < -0.39 is 0 Å². The summed E-state index contributed by atoms with van der Waals surface area (Å²) in [4.78, 5) is 8.48. The third-order valence-electron chi connectivity index (χ3n) is 1.87. The fourth-order valence-corrected chi connectivity index (χ4v) is 1.21. The molecule has 3 heteroatoms. The molecule has 0 aliphatic carbocycles. The van der Waals surface area contributed by atoms with E-state index in [1.807, 2.05) is 19.3 Å². The van der Waals surface area contributed by atoms with Crippen molar-refractivity contribution in [3.63, 3.8) is 0 Å². The van der Waals surface area contributed by atoms with Gasteiger partial charge in [0.25, 0.3) is 0 Å². The maximum Gasteiger partial charge on any atom is 0.165 e. The molecule has 0 saturated heterocycles. The van der Waals surface area contributed by atoms with Crippen molar-refractivity contribution >= 4 is 11.9 Å². The quantitative estimate of drug-likeness (QED) is 0.521. The van der Waals surface area contributed by atoms with Crippen molar-refractivity contribution in [2.24, 2.45) is 9.98 Å². The maximum atomic E-state index is 4.27. The number of fused-ring (bicyclic) bond motifs is 1. The minimum Gasteiger partial charge on any atom is -0.362 e. The Morgan fingerprint density at radius 1 is 1.70 bits per heavy atom. The molecule has 0 bridgehead atoms. The van der Waals surface area contributed by atoms with Crippen molar-refractivity contribution in [1.29, 1.82) is 0 Å². The zero-order valence-corrected chi connectivity index (χ0v) is 5.83. The van der Waals surface area contributed by atoms with Gasteiger partial charge in [-0.3, -0.25) is 9.98 Å². The van der Waals surface area contributed by atoms with Crippen LogP contribution in [0.3, 0.4) is 0 Å². The van der Waals surface area contributed by atoms with Crippen molar-refractivity contribution in [3.05, 3.63) is 12.4 Å². The lowest BCUT2D eigenvalue weighted by Crippen LogP contribution is -2.43. The largest absolute Gasteiger partial charge is 0.362 e. The molecule has 0 aromatic rings. The van der Waals surface area contributed by atoms with Gasteiger partial charge in [-0.15, -0.1) is 0 Å². The third-order valence-corrected chi connectivity index (χ3v) is 1.87. The van der Waals surface area contributed by atoms with Gasteiger partial charge in [-0.05, 0) is 6.92 Å². The van der Waals surface area contributed by atoms with Gasteiger partial charge in [-0.2, -0.15) is 0 Å². The van der Waals surface area contributed by atoms with Gasteiger partial charge in [0.15, 0.2) is 5.66 Å². The molecule has 2 heterocycles. The molecule has 0 amide bonds. The first kappa shape index (κ1) is 5.65. The molecule has 0 aromatic heterocycles. The van der Waals surface area contributed by atoms with Crippen LogP contribution in [0, 0.1) is 0 Å². The molecule has 2 rings (SSSR count). The van der Waals surface area contributed by atoms with Crippen molar-refractivity contribution < 1.29 is 0 Å². The van der Waals surface area contributed by atoms with Crippen LogP contribution in [0.25, 0.3) is 0 Å². The van der Waals surface area contributed by atoms with Crippen LogP contribution in [0.2, 0.25) is 0 Å². The summed E-state index contributed by atoms with van der Waals surface area (Å²) in [7, 11) is 0. The standard InChI is InChI=1S/C7H9N3/c1-7-6(2-3-9-7)8-4-5-10-7/h3-5,10H,2H2,1H3. The summed E-state index contributed by atoms with van der Waals surface area (Å²) < 4.78 is 0. The number of rotatable bonds is 0. The second kappa shape index (κ2) is 1.68. The average Bonchev–Trinajstić information content (AvgIpc) is 2.29. The van der Waals surface area contributed by atoms with Gasteiger partial charge < -0.3 is 5.32 Å². The van der Waals surface area contributed by atoms with Crippen molar-refractivity contribution in [2.75, 3.05) is 0 Å². The van der Waals surface area contributed by atoms with Crippen molar-refractivity contribution in [1.82, 2.24) is 5.32 Å². The Morgan fingerprint density at radius 3 is 3.40 bits per heavy atom. The molecule has 0 spiro atoms. The monoisotopic (exact) mass is 135 g/mol. The molecule has 52 valence electrons. The first-order valence-electron chi connectivity index (χ1n) is 3.35. The van der Waals surface area contributed by atoms with E-state index in [1.165, 1.54) is 0 Å². The normalized spacial score (nSPS) is 35.1. The zero-order chi connectivity index (χ0) is 7.03. The van der Waals surface area contributed by atoms with Gasteiger partial charge in [0.2, 0.25) is 0 Å². The van der Waals surface area contributed by atoms with Crippen LogP contribution in [-0.4, -0.2) is 17.6 Å². The minimum atomic E-state index is -0.227. The smallest absolute Gasteiger partial charge is 0.165 e. The Kier molecular flexibility index (Phi) is 0.952. The SMILES string of the molecule is CC12N=CCC1=NC=CN2. The topological polar surface area (TPSA) is 36.8 Å². The van der Waals surface area contributed by atoms with Gasteiger partial charge in [0.05, 0.1) is 5.71 Å². The fourth-order valence-electron chi connectivity index (χ4n) is 1.21. The molecular weight excluding hydrogens is 126 g/mol. The summed E-state index contributed by atoms with van der Waals surface area (Å²) in [5, 5.41) is 3.15. The molecule has 1 atom stereocenters. The number of hydrogen-bond acceptors (Lipinski definition) is 3. The van der Waals surface area contributed by atoms with E-state index in [2.05, 4.69) is 15.3 Å². The van der Waals surface area contributed by atoms with Crippen LogP contribution in [0.5, 0.6) is 0 Å². The van der Waals surface area contributed by atoms with E-state index >= 15 is 0 Å². The Labute approximate surface area is 59.6 Å². The van der Waals surface area contributed by atoms with Crippen LogP contribution in [0.4, 0.5) is 0 Å². The number of nitrogens with zero attached hydrogens (tertiary/aromatic N) is 2. The average molecular weight is 135 g/mol. The lowest BCUT2D eigenvalue weighted by molar-refractivity contribution is 0.565. The van der Waals surface area contributed by atoms with Crippen LogP contribution in [-0.2, 0) is 0 Å². The minimum absolute atomic E-state index is 0.227. The van der Waals surface area contributed by atoms with Gasteiger partial charge in [-0.1, -0.05) is 0 Å². The summed E-state index contributed by atoms with van der Waals surface area (Å²) in [6, 6.07) is 0. The van der Waals surface area contributed by atoms with E-state index in [4.69, 9.17) is 0 Å². The molecule has 0 fully saturated rings. The number of nitrogens with one attached hydrogen (secondary N) is 1. The van der Waals surface area contributed by atoms with Gasteiger partial charge in [-0.25, -0.2) is 0 Å². The lowest BCUT2D eigenvalue weighted by atomic mass is 10.1. The molecule has 10 heavy (non-hydrogen) atoms. The van der Waals surface area contributed by atoms with Crippen LogP contribution in [0.1, 0.15) is 13.3 Å². The zero-order valence-electron chi connectivity index (χ0n) is 5.83. The predicted octanol–water partition coefficient (Wildman–Crippen LogP) is 0.693. The number of hydrogen-bond donors (Lipinski definition) is 1. The Morgan fingerprint density at radius 2 is 2.60 bits per heavy atom. The van der Waals surface area contributed by atoms with Gasteiger partial charge in [0, 0.05) is 25.0 Å². The van der Waals surface area contributed by atoms with Crippen LogP contribution in [0.15, 0.2) is 22.4 Å². The summed E-state index contributed by atoms with van der Waals surface area (Å²) in [5.74, 6) is 0. The van der Waals surface area contributed by atoms with Crippen molar-refractivity contribution in [3.8, 4) is 0 Å². The summed E-state index contributed by atoms with van der Waals surface area (Å²) in [5.41, 5.74) is 0.879. The summed E-state index contributed by atoms with van der Waals surface area (Å²) >= 11 is 0. The second-order valence-corrected chi connectivity index (χ2v) is 2.62. The van der Waals surface area contributed by atoms with E-state index in [1.54, 1.807) is 6.20 Å². The van der Waals surface area contributed by atoms with Crippen molar-refractivity contribution in [2.45, 2.75) is 19.0 Å². The molecule has 1 unspecified atom stereocenters. The Balaban J connectivity index is 2.41. The van der Waals surface area contributed by atoms with E-state index in [0.717, 1.165) is 12.1 Å². The van der Waals surface area contributed by atoms with Gasteiger partial charge in [0.1, 0.15) is 0 Å². The molecular formula is C7H9N3. The Hall–Kier alpha value is -1.12. The summed E-state index contributed by atoms with van der Waals surface area (Å²) in [6.45, 7) is 2.03. The van der Waals surface area contributed by atoms with E-state index in [0.29, 0.717) is 0 Å². The molecule has 0 aromatic carbocycles. The summed E-state index contributed by atoms with van der Waals surface area (Å²) in [6.07, 6.45) is 6.38. The highest BCUT2D eigenvalue weighted by Crippen LogP contribution is 2.19. The van der Waals surface area contributed by atoms with E-state index in [-0.39, 0.29) is 5.66 Å². The molecule has 2 aliphatic rings. The number of aliphatic imine (C=N–C) groups is 2. The molecule has 3 nitrogen and oxygen atoms in total. The molecule has 2 aliphatic heterocycles. The highest BCUT2D eigenvalue weighted by atomic mass is 15.2. The lowest BCUT2D eigenvalue weighted by Gasteiger charge is -2.24. The second-order valence-electron chi connectivity index (χ2n) is 2.62. The predicted molar refractivity (Wildman–Crippen MR) is 41.2 cm³/mol. The van der Waals surface area contributed by atoms with Gasteiger partial charge >= 0.3 is 0 Å². The maximum absolute atomic E-state index is 4.27. The molecule has 0 saturated carbocycles. The van der Waals surface area contributed by atoms with E-state index in [9.17, 15) is 0 Å². The third kappa shape index (κ3) is 0.602. The van der Waals surface area contributed by atoms with Crippen LogP contribution >= 0.6 is 0 Å². The first-order valence-corrected chi connectivity index (χ1v) is 3.35. The van der Waals surface area contributed by atoms with Crippen LogP contribution < -0.4 is 5.32 Å².